The molecule has 0 unspecified atom stereocenters. The first-order chi connectivity index (χ1) is 12.0. The summed E-state index contributed by atoms with van der Waals surface area (Å²) in [4.78, 5) is 30.7. The molecule has 0 aliphatic rings. The first-order valence-corrected chi connectivity index (χ1v) is 7.29. The Morgan fingerprint density at radius 2 is 2.04 bits per heavy atom. The number of H-pyrrole nitrogens is 1. The average molecular weight is 338 g/mol. The van der Waals surface area contributed by atoms with Crippen LogP contribution in [0.4, 0.5) is 10.1 Å². The summed E-state index contributed by atoms with van der Waals surface area (Å²) < 4.78 is 15.3. The fourth-order valence-electron chi connectivity index (χ4n) is 2.83. The number of halogens is 1. The van der Waals surface area contributed by atoms with Crippen molar-refractivity contribution in [1.82, 2.24) is 14.5 Å². The first-order valence-electron chi connectivity index (χ1n) is 7.29. The SMILES string of the molecule is Nc1cc(=O)n(-c2nc3ccc(C(=O)O)cc3[nH]2)c2cccc(F)c12. The van der Waals surface area contributed by atoms with Crippen molar-refractivity contribution in [2.45, 2.75) is 0 Å². The number of nitrogens with one attached hydrogen (secondary N) is 1. The topological polar surface area (TPSA) is 114 Å². The molecule has 2 aromatic carbocycles. The summed E-state index contributed by atoms with van der Waals surface area (Å²) in [7, 11) is 0. The van der Waals surface area contributed by atoms with Crippen LogP contribution < -0.4 is 11.3 Å². The van der Waals surface area contributed by atoms with E-state index in [-0.39, 0.29) is 28.1 Å². The summed E-state index contributed by atoms with van der Waals surface area (Å²) in [6.07, 6.45) is 0. The number of rotatable bonds is 2. The largest absolute Gasteiger partial charge is 0.478 e. The molecule has 2 heterocycles. The Hall–Kier alpha value is -3.68. The van der Waals surface area contributed by atoms with Crippen LogP contribution in [0.5, 0.6) is 0 Å². The van der Waals surface area contributed by atoms with Gasteiger partial charge in [-0.2, -0.15) is 0 Å². The van der Waals surface area contributed by atoms with E-state index in [9.17, 15) is 14.0 Å². The van der Waals surface area contributed by atoms with Crippen molar-refractivity contribution in [2.75, 3.05) is 5.73 Å². The Balaban J connectivity index is 2.05. The van der Waals surface area contributed by atoms with E-state index in [4.69, 9.17) is 10.8 Å². The minimum atomic E-state index is -1.07. The fourth-order valence-corrected chi connectivity index (χ4v) is 2.83. The van der Waals surface area contributed by atoms with Gasteiger partial charge in [-0.05, 0) is 30.3 Å². The lowest BCUT2D eigenvalue weighted by Crippen LogP contribution is -2.20. The standard InChI is InChI=1S/C17H11FN4O3/c18-9-2-1-3-13-15(9)10(19)7-14(23)22(13)17-20-11-5-4-8(16(24)25)6-12(11)21-17/h1-7H,19H2,(H,20,21)(H,24,25). The van der Waals surface area contributed by atoms with Crippen LogP contribution in [-0.4, -0.2) is 25.6 Å². The number of carboxylic acid groups (broad SMARTS) is 1. The van der Waals surface area contributed by atoms with Gasteiger partial charge < -0.3 is 15.8 Å². The fraction of sp³-hybridized carbons (Fsp3) is 0. The highest BCUT2D eigenvalue weighted by Crippen LogP contribution is 2.24. The van der Waals surface area contributed by atoms with Crippen LogP contribution in [-0.2, 0) is 0 Å². The van der Waals surface area contributed by atoms with E-state index in [1.54, 1.807) is 6.07 Å². The summed E-state index contributed by atoms with van der Waals surface area (Å²) in [6, 6.07) is 9.78. The van der Waals surface area contributed by atoms with E-state index in [0.29, 0.717) is 11.0 Å². The summed E-state index contributed by atoms with van der Waals surface area (Å²) in [6.45, 7) is 0. The summed E-state index contributed by atoms with van der Waals surface area (Å²) in [5, 5.41) is 9.19. The molecule has 124 valence electrons. The van der Waals surface area contributed by atoms with Gasteiger partial charge in [0.15, 0.2) is 0 Å². The van der Waals surface area contributed by atoms with Crippen molar-refractivity contribution < 1.29 is 14.3 Å². The third-order valence-electron chi connectivity index (χ3n) is 3.95. The number of nitrogens with zero attached hydrogens (tertiary/aromatic N) is 2. The Morgan fingerprint density at radius 1 is 1.24 bits per heavy atom. The van der Waals surface area contributed by atoms with Crippen LogP contribution in [0.3, 0.4) is 0 Å². The molecular formula is C17H11FN4O3. The van der Waals surface area contributed by atoms with Crippen LogP contribution in [0.15, 0.2) is 47.3 Å². The highest BCUT2D eigenvalue weighted by Gasteiger charge is 2.15. The second kappa shape index (κ2) is 5.17. The number of nitrogens with two attached hydrogens (primary N) is 1. The van der Waals surface area contributed by atoms with Crippen molar-refractivity contribution in [3.63, 3.8) is 0 Å². The first kappa shape index (κ1) is 14.9. The molecule has 0 amide bonds. The number of fused-ring (bicyclic) bond motifs is 2. The Labute approximate surface area is 139 Å². The highest BCUT2D eigenvalue weighted by atomic mass is 19.1. The number of hydrogen-bond donors (Lipinski definition) is 3. The molecule has 8 heteroatoms. The van der Waals surface area contributed by atoms with Crippen molar-refractivity contribution in [2.24, 2.45) is 0 Å². The van der Waals surface area contributed by atoms with Crippen LogP contribution in [0.2, 0.25) is 0 Å². The molecule has 0 fully saturated rings. The molecule has 0 bridgehead atoms. The smallest absolute Gasteiger partial charge is 0.335 e. The number of aromatic amines is 1. The predicted octanol–water partition coefficient (Wildman–Crippen LogP) is 2.29. The van der Waals surface area contributed by atoms with Crippen molar-refractivity contribution >= 4 is 33.6 Å². The molecule has 0 saturated carbocycles. The number of imidazole rings is 1. The monoisotopic (exact) mass is 338 g/mol. The second-order valence-electron chi connectivity index (χ2n) is 5.50. The molecular weight excluding hydrogens is 327 g/mol. The zero-order valence-corrected chi connectivity index (χ0v) is 12.7. The minimum Gasteiger partial charge on any atom is -0.478 e. The molecule has 0 aliphatic carbocycles. The molecule has 0 spiro atoms. The van der Waals surface area contributed by atoms with E-state index < -0.39 is 17.3 Å². The number of benzene rings is 2. The zero-order chi connectivity index (χ0) is 17.7. The number of carboxylic acids is 1. The van der Waals surface area contributed by atoms with Crippen LogP contribution in [0.1, 0.15) is 10.4 Å². The van der Waals surface area contributed by atoms with E-state index in [2.05, 4.69) is 9.97 Å². The summed E-state index contributed by atoms with van der Waals surface area (Å²) in [5.41, 5.74) is 6.63. The number of hydrogen-bond acceptors (Lipinski definition) is 4. The molecule has 2 aromatic heterocycles. The van der Waals surface area contributed by atoms with Gasteiger partial charge in [0.1, 0.15) is 5.82 Å². The average Bonchev–Trinajstić information content (AvgIpc) is 2.96. The van der Waals surface area contributed by atoms with Crippen LogP contribution in [0, 0.1) is 5.82 Å². The molecule has 0 aliphatic heterocycles. The maximum atomic E-state index is 14.1. The lowest BCUT2D eigenvalue weighted by molar-refractivity contribution is 0.0697. The Morgan fingerprint density at radius 3 is 2.80 bits per heavy atom. The number of pyridine rings is 1. The molecule has 0 atom stereocenters. The maximum absolute atomic E-state index is 14.1. The van der Waals surface area contributed by atoms with Gasteiger partial charge in [-0.3, -0.25) is 4.79 Å². The Kier molecular flexibility index (Phi) is 3.08. The van der Waals surface area contributed by atoms with Gasteiger partial charge in [-0.15, -0.1) is 0 Å². The van der Waals surface area contributed by atoms with E-state index in [1.165, 1.54) is 34.9 Å². The molecule has 0 radical (unpaired) electrons. The summed E-state index contributed by atoms with van der Waals surface area (Å²) in [5.74, 6) is -1.47. The minimum absolute atomic E-state index is 0.0404. The molecule has 4 N–H and O–H groups in total. The van der Waals surface area contributed by atoms with E-state index in [1.807, 2.05) is 0 Å². The van der Waals surface area contributed by atoms with Gasteiger partial charge in [-0.25, -0.2) is 18.7 Å². The lowest BCUT2D eigenvalue weighted by atomic mass is 10.1. The van der Waals surface area contributed by atoms with Gasteiger partial charge in [0.2, 0.25) is 5.95 Å². The van der Waals surface area contributed by atoms with Crippen molar-refractivity contribution in [3.8, 4) is 5.95 Å². The number of aromatic carboxylic acids is 1. The number of anilines is 1. The van der Waals surface area contributed by atoms with Gasteiger partial charge in [0, 0.05) is 11.8 Å². The predicted molar refractivity (Wildman–Crippen MR) is 90.5 cm³/mol. The van der Waals surface area contributed by atoms with Crippen LogP contribution >= 0.6 is 0 Å². The van der Waals surface area contributed by atoms with Crippen molar-refractivity contribution in [1.29, 1.82) is 0 Å². The van der Waals surface area contributed by atoms with E-state index in [0.717, 1.165) is 6.07 Å². The van der Waals surface area contributed by atoms with Crippen molar-refractivity contribution in [3.05, 3.63) is 64.2 Å². The van der Waals surface area contributed by atoms with Gasteiger partial charge in [-0.1, -0.05) is 6.07 Å². The molecule has 0 saturated heterocycles. The lowest BCUT2D eigenvalue weighted by Gasteiger charge is -2.09. The highest BCUT2D eigenvalue weighted by molar-refractivity contribution is 5.93. The summed E-state index contributed by atoms with van der Waals surface area (Å²) >= 11 is 0. The third-order valence-corrected chi connectivity index (χ3v) is 3.95. The number of carbonyl (C=O) groups is 1. The second-order valence-corrected chi connectivity index (χ2v) is 5.50. The van der Waals surface area contributed by atoms with Gasteiger partial charge >= 0.3 is 5.97 Å². The zero-order valence-electron chi connectivity index (χ0n) is 12.7. The molecule has 25 heavy (non-hydrogen) atoms. The number of aromatic nitrogens is 3. The molecule has 4 aromatic rings. The molecule has 4 rings (SSSR count). The van der Waals surface area contributed by atoms with Crippen LogP contribution in [0.25, 0.3) is 27.9 Å². The molecule has 7 nitrogen and oxygen atoms in total. The Bertz CT molecular complexity index is 1230. The quantitative estimate of drug-likeness (QED) is 0.519. The maximum Gasteiger partial charge on any atom is 0.335 e. The van der Waals surface area contributed by atoms with E-state index >= 15 is 0 Å². The van der Waals surface area contributed by atoms with Gasteiger partial charge in [0.25, 0.3) is 5.56 Å². The number of nitrogen functional groups attached to an aromatic ring is 1. The normalized spacial score (nSPS) is 11.2. The van der Waals surface area contributed by atoms with Gasteiger partial charge in [0.05, 0.1) is 27.5 Å². The third kappa shape index (κ3) is 2.23.